The molecular formula is C11H17N3O3. The summed E-state index contributed by atoms with van der Waals surface area (Å²) in [7, 11) is 1.30. The molecule has 0 aromatic carbocycles. The molecule has 1 rings (SSSR count). The Hall–Kier alpha value is -1.85. The normalized spacial score (nSPS) is 12.2. The molecule has 0 bridgehead atoms. The number of nitrogens with zero attached hydrogens (tertiary/aromatic N) is 2. The molecule has 1 aromatic rings. The number of imidazole rings is 1. The van der Waals surface area contributed by atoms with Crippen LogP contribution in [0.2, 0.25) is 0 Å². The summed E-state index contributed by atoms with van der Waals surface area (Å²) in [6, 6.07) is -1.02. The van der Waals surface area contributed by atoms with Gasteiger partial charge in [-0.2, -0.15) is 0 Å². The van der Waals surface area contributed by atoms with Gasteiger partial charge in [0.1, 0.15) is 12.4 Å². The molecule has 1 atom stereocenters. The zero-order valence-electron chi connectivity index (χ0n) is 10.2. The number of ether oxygens (including phenoxy) is 1. The fourth-order valence-electron chi connectivity index (χ4n) is 1.43. The smallest absolute Gasteiger partial charge is 0.328 e. The third kappa shape index (κ3) is 3.90. The summed E-state index contributed by atoms with van der Waals surface area (Å²) >= 11 is 0. The van der Waals surface area contributed by atoms with E-state index >= 15 is 0 Å². The number of methoxy groups -OCH3 is 1. The number of amides is 1. The maximum absolute atomic E-state index is 11.7. The van der Waals surface area contributed by atoms with Crippen LogP contribution in [-0.4, -0.2) is 34.7 Å². The number of aromatic nitrogens is 2. The zero-order valence-corrected chi connectivity index (χ0v) is 10.2. The van der Waals surface area contributed by atoms with E-state index in [2.05, 4.69) is 15.0 Å². The SMILES string of the molecule is COC(=O)[C@H](CC(C)C)NC(=O)n1ccnc1. The molecule has 0 radical (unpaired) electrons. The topological polar surface area (TPSA) is 73.2 Å². The molecule has 6 nitrogen and oxygen atoms in total. The summed E-state index contributed by atoms with van der Waals surface area (Å²) in [5.74, 6) is -0.158. The molecule has 6 heteroatoms. The molecule has 0 unspecified atom stereocenters. The van der Waals surface area contributed by atoms with E-state index in [0.29, 0.717) is 6.42 Å². The summed E-state index contributed by atoms with van der Waals surface area (Å²) in [5, 5.41) is 2.61. The number of hydrogen-bond acceptors (Lipinski definition) is 4. The number of carbonyl (C=O) groups excluding carboxylic acids is 2. The molecule has 0 aliphatic rings. The zero-order chi connectivity index (χ0) is 12.8. The number of carbonyl (C=O) groups is 2. The molecule has 0 aliphatic carbocycles. The van der Waals surface area contributed by atoms with E-state index in [1.54, 1.807) is 0 Å². The van der Waals surface area contributed by atoms with Crippen LogP contribution in [0.1, 0.15) is 20.3 Å². The van der Waals surface area contributed by atoms with Crippen molar-refractivity contribution in [2.75, 3.05) is 7.11 Å². The molecular weight excluding hydrogens is 222 g/mol. The number of hydrogen-bond donors (Lipinski definition) is 1. The highest BCUT2D eigenvalue weighted by atomic mass is 16.5. The summed E-state index contributed by atoms with van der Waals surface area (Å²) < 4.78 is 5.93. The Kier molecular flexibility index (Phi) is 4.68. The van der Waals surface area contributed by atoms with E-state index in [9.17, 15) is 9.59 Å². The summed E-state index contributed by atoms with van der Waals surface area (Å²) in [5.41, 5.74) is 0. The van der Waals surface area contributed by atoms with Gasteiger partial charge in [-0.3, -0.25) is 4.57 Å². The number of esters is 1. The quantitative estimate of drug-likeness (QED) is 0.796. The van der Waals surface area contributed by atoms with Gasteiger partial charge < -0.3 is 10.1 Å². The highest BCUT2D eigenvalue weighted by molar-refractivity contribution is 5.84. The lowest BCUT2D eigenvalue weighted by atomic mass is 10.0. The van der Waals surface area contributed by atoms with Crippen LogP contribution in [0.4, 0.5) is 4.79 Å². The lowest BCUT2D eigenvalue weighted by Crippen LogP contribution is -2.43. The van der Waals surface area contributed by atoms with Crippen LogP contribution in [0, 0.1) is 5.92 Å². The van der Waals surface area contributed by atoms with Crippen molar-refractivity contribution in [3.05, 3.63) is 18.7 Å². The molecule has 1 aromatic heterocycles. The highest BCUT2D eigenvalue weighted by Gasteiger charge is 2.22. The Morgan fingerprint density at radius 1 is 1.47 bits per heavy atom. The van der Waals surface area contributed by atoms with Crippen molar-refractivity contribution in [1.29, 1.82) is 0 Å². The van der Waals surface area contributed by atoms with Gasteiger partial charge in [-0.15, -0.1) is 0 Å². The van der Waals surface area contributed by atoms with Crippen LogP contribution in [0.25, 0.3) is 0 Å². The molecule has 0 fully saturated rings. The molecule has 0 saturated heterocycles. The van der Waals surface area contributed by atoms with E-state index < -0.39 is 18.0 Å². The standard InChI is InChI=1S/C11H17N3O3/c1-8(2)6-9(10(15)17-3)13-11(16)14-5-4-12-7-14/h4-5,7-9H,6H2,1-3H3,(H,13,16)/t9-/m0/s1. The average molecular weight is 239 g/mol. The van der Waals surface area contributed by atoms with Gasteiger partial charge in [0.15, 0.2) is 0 Å². The lowest BCUT2D eigenvalue weighted by molar-refractivity contribution is -0.143. The Bertz CT molecular complexity index is 373. The largest absolute Gasteiger partial charge is 0.467 e. The number of nitrogens with one attached hydrogen (secondary N) is 1. The molecule has 94 valence electrons. The van der Waals surface area contributed by atoms with Crippen molar-refractivity contribution < 1.29 is 14.3 Å². The van der Waals surface area contributed by atoms with Crippen LogP contribution in [0.15, 0.2) is 18.7 Å². The lowest BCUT2D eigenvalue weighted by Gasteiger charge is -2.18. The van der Waals surface area contributed by atoms with Crippen LogP contribution < -0.4 is 5.32 Å². The van der Waals surface area contributed by atoms with Gasteiger partial charge in [-0.05, 0) is 12.3 Å². The second-order valence-electron chi connectivity index (χ2n) is 4.12. The average Bonchev–Trinajstić information content (AvgIpc) is 2.79. The van der Waals surface area contributed by atoms with Gasteiger partial charge in [0.25, 0.3) is 0 Å². The monoisotopic (exact) mass is 239 g/mol. The minimum absolute atomic E-state index is 0.280. The summed E-state index contributed by atoms with van der Waals surface area (Å²) in [6.45, 7) is 3.94. The van der Waals surface area contributed by atoms with Gasteiger partial charge >= 0.3 is 12.0 Å². The van der Waals surface area contributed by atoms with Crippen molar-refractivity contribution in [3.63, 3.8) is 0 Å². The Labute approximate surface area is 100.0 Å². The van der Waals surface area contributed by atoms with Crippen molar-refractivity contribution in [3.8, 4) is 0 Å². The second-order valence-corrected chi connectivity index (χ2v) is 4.12. The van der Waals surface area contributed by atoms with Crippen molar-refractivity contribution >= 4 is 12.0 Å². The maximum atomic E-state index is 11.7. The van der Waals surface area contributed by atoms with E-state index in [1.165, 1.54) is 30.4 Å². The predicted molar refractivity (Wildman–Crippen MR) is 61.4 cm³/mol. The third-order valence-electron chi connectivity index (χ3n) is 2.23. The van der Waals surface area contributed by atoms with Gasteiger partial charge in [-0.25, -0.2) is 14.6 Å². The molecule has 17 heavy (non-hydrogen) atoms. The second kappa shape index (κ2) is 6.03. The van der Waals surface area contributed by atoms with Crippen LogP contribution in [-0.2, 0) is 9.53 Å². The van der Waals surface area contributed by atoms with Crippen LogP contribution in [0.5, 0.6) is 0 Å². The summed E-state index contributed by atoms with van der Waals surface area (Å²) in [4.78, 5) is 27.0. The molecule has 0 saturated carbocycles. The third-order valence-corrected chi connectivity index (χ3v) is 2.23. The first-order valence-corrected chi connectivity index (χ1v) is 5.41. The minimum Gasteiger partial charge on any atom is -0.467 e. The van der Waals surface area contributed by atoms with Gasteiger partial charge in [0, 0.05) is 12.4 Å². The Balaban J connectivity index is 2.66. The van der Waals surface area contributed by atoms with E-state index in [1.807, 2.05) is 13.8 Å². The van der Waals surface area contributed by atoms with E-state index in [4.69, 9.17) is 0 Å². The van der Waals surface area contributed by atoms with Gasteiger partial charge in [0.05, 0.1) is 7.11 Å². The van der Waals surface area contributed by atoms with Crippen molar-refractivity contribution in [2.45, 2.75) is 26.3 Å². The van der Waals surface area contributed by atoms with Crippen LogP contribution >= 0.6 is 0 Å². The molecule has 1 amide bonds. The highest BCUT2D eigenvalue weighted by Crippen LogP contribution is 2.06. The maximum Gasteiger partial charge on any atom is 0.328 e. The van der Waals surface area contributed by atoms with Gasteiger partial charge in [0.2, 0.25) is 0 Å². The first-order valence-electron chi connectivity index (χ1n) is 5.41. The van der Waals surface area contributed by atoms with Gasteiger partial charge in [-0.1, -0.05) is 13.8 Å². The number of rotatable bonds is 4. The van der Waals surface area contributed by atoms with Crippen molar-refractivity contribution in [1.82, 2.24) is 14.9 Å². The fourth-order valence-corrected chi connectivity index (χ4v) is 1.43. The van der Waals surface area contributed by atoms with Crippen LogP contribution in [0.3, 0.4) is 0 Å². The minimum atomic E-state index is -0.630. The Morgan fingerprint density at radius 3 is 2.65 bits per heavy atom. The summed E-state index contributed by atoms with van der Waals surface area (Å²) in [6.07, 6.45) is 4.92. The first-order chi connectivity index (χ1) is 8.04. The van der Waals surface area contributed by atoms with Crippen molar-refractivity contribution in [2.24, 2.45) is 5.92 Å². The molecule has 1 N–H and O–H groups in total. The first kappa shape index (κ1) is 13.2. The van der Waals surface area contributed by atoms with E-state index in [0.717, 1.165) is 0 Å². The molecule has 1 heterocycles. The fraction of sp³-hybridized carbons (Fsp3) is 0.545. The molecule has 0 spiro atoms. The predicted octanol–water partition coefficient (Wildman–Crippen LogP) is 1.03. The molecule has 0 aliphatic heterocycles. The van der Waals surface area contributed by atoms with E-state index in [-0.39, 0.29) is 5.92 Å². The Morgan fingerprint density at radius 2 is 2.18 bits per heavy atom.